The van der Waals surface area contributed by atoms with E-state index in [9.17, 15) is 9.18 Å². The Morgan fingerprint density at radius 3 is 2.86 bits per heavy atom. The predicted octanol–water partition coefficient (Wildman–Crippen LogP) is 3.29. The van der Waals surface area contributed by atoms with Gasteiger partial charge in [-0.05, 0) is 49.0 Å². The molecule has 22 heavy (non-hydrogen) atoms. The van der Waals surface area contributed by atoms with Gasteiger partial charge in [0, 0.05) is 5.69 Å². The molecule has 0 atom stereocenters. The summed E-state index contributed by atoms with van der Waals surface area (Å²) in [5.41, 5.74) is 2.64. The van der Waals surface area contributed by atoms with E-state index in [1.54, 1.807) is 24.0 Å². The number of hydrogen-bond acceptors (Lipinski definition) is 2. The highest BCUT2D eigenvalue weighted by Gasteiger charge is 2.24. The predicted molar refractivity (Wildman–Crippen MR) is 89.8 cm³/mol. The maximum Gasteiger partial charge on any atom is 0.244 e. The summed E-state index contributed by atoms with van der Waals surface area (Å²) in [6.45, 7) is 1.82. The first-order chi connectivity index (χ1) is 10.5. The van der Waals surface area contributed by atoms with Crippen molar-refractivity contribution < 1.29 is 9.18 Å². The van der Waals surface area contributed by atoms with Gasteiger partial charge in [-0.15, -0.1) is 0 Å². The molecule has 112 valence electrons. The Balaban J connectivity index is 1.86. The van der Waals surface area contributed by atoms with Gasteiger partial charge in [0.2, 0.25) is 5.91 Å². The van der Waals surface area contributed by atoms with E-state index in [1.165, 1.54) is 6.07 Å². The van der Waals surface area contributed by atoms with E-state index in [0.29, 0.717) is 22.1 Å². The summed E-state index contributed by atoms with van der Waals surface area (Å²) in [6, 6.07) is 12.2. The standard InChI is InChI=1S/C16H14FN3OS/c1-10-6-7-11(8-12(10)17)18-16(22)20-9-15(21)19-13-4-2-3-5-14(13)20/h2-8H,9H2,1H3,(H,18,22)(H,19,21). The number of hydrogen-bond donors (Lipinski definition) is 2. The van der Waals surface area contributed by atoms with Gasteiger partial charge in [0.25, 0.3) is 0 Å². The van der Waals surface area contributed by atoms with Gasteiger partial charge in [0.1, 0.15) is 12.4 Å². The van der Waals surface area contributed by atoms with E-state index in [-0.39, 0.29) is 18.3 Å². The summed E-state index contributed by atoms with van der Waals surface area (Å²) in [7, 11) is 0. The van der Waals surface area contributed by atoms with Gasteiger partial charge >= 0.3 is 0 Å². The molecule has 4 nitrogen and oxygen atoms in total. The fourth-order valence-corrected chi connectivity index (χ4v) is 2.56. The maximum absolute atomic E-state index is 13.6. The summed E-state index contributed by atoms with van der Waals surface area (Å²) in [5.74, 6) is -0.442. The van der Waals surface area contributed by atoms with Crippen LogP contribution < -0.4 is 15.5 Å². The van der Waals surface area contributed by atoms with E-state index in [2.05, 4.69) is 10.6 Å². The molecule has 1 amide bonds. The van der Waals surface area contributed by atoms with Crippen LogP contribution >= 0.6 is 12.2 Å². The first-order valence-electron chi connectivity index (χ1n) is 6.78. The second-order valence-electron chi connectivity index (χ2n) is 5.05. The van der Waals surface area contributed by atoms with Crippen molar-refractivity contribution in [2.75, 3.05) is 22.1 Å². The van der Waals surface area contributed by atoms with Crippen LogP contribution in [0.5, 0.6) is 0 Å². The Kier molecular flexibility index (Phi) is 3.77. The molecule has 0 bridgehead atoms. The van der Waals surface area contributed by atoms with Gasteiger partial charge in [-0.2, -0.15) is 0 Å². The quantitative estimate of drug-likeness (QED) is 0.793. The normalized spacial score (nSPS) is 13.4. The Morgan fingerprint density at radius 2 is 2.09 bits per heavy atom. The molecule has 0 unspecified atom stereocenters. The number of carbonyl (C=O) groups excluding carboxylic acids is 1. The molecule has 0 aromatic heterocycles. The molecule has 1 heterocycles. The second-order valence-corrected chi connectivity index (χ2v) is 5.43. The number of anilines is 3. The molecule has 1 aliphatic rings. The van der Waals surface area contributed by atoms with Crippen LogP contribution in [0.25, 0.3) is 0 Å². The highest BCUT2D eigenvalue weighted by molar-refractivity contribution is 7.80. The number of rotatable bonds is 1. The smallest absolute Gasteiger partial charge is 0.244 e. The van der Waals surface area contributed by atoms with Crippen molar-refractivity contribution in [2.45, 2.75) is 6.92 Å². The monoisotopic (exact) mass is 315 g/mol. The molecule has 0 saturated carbocycles. The topological polar surface area (TPSA) is 44.4 Å². The van der Waals surface area contributed by atoms with Crippen molar-refractivity contribution >= 4 is 40.3 Å². The van der Waals surface area contributed by atoms with Crippen molar-refractivity contribution in [1.82, 2.24) is 0 Å². The van der Waals surface area contributed by atoms with Gasteiger partial charge in [-0.3, -0.25) is 4.79 Å². The number of amides is 1. The van der Waals surface area contributed by atoms with E-state index < -0.39 is 0 Å². The number of thiocarbonyl (C=S) groups is 1. The lowest BCUT2D eigenvalue weighted by molar-refractivity contribution is -0.115. The zero-order valence-corrected chi connectivity index (χ0v) is 12.7. The Bertz CT molecular complexity index is 763. The average molecular weight is 315 g/mol. The highest BCUT2D eigenvalue weighted by atomic mass is 32.1. The minimum absolute atomic E-state index is 0.122. The van der Waals surface area contributed by atoms with Crippen LogP contribution in [0.1, 0.15) is 5.56 Å². The molecule has 2 aromatic carbocycles. The number of halogens is 1. The minimum Gasteiger partial charge on any atom is -0.332 e. The zero-order valence-electron chi connectivity index (χ0n) is 11.9. The molecular weight excluding hydrogens is 301 g/mol. The van der Waals surface area contributed by atoms with Crippen molar-refractivity contribution in [1.29, 1.82) is 0 Å². The molecule has 0 fully saturated rings. The van der Waals surface area contributed by atoms with Crippen molar-refractivity contribution in [2.24, 2.45) is 0 Å². The molecule has 6 heteroatoms. The Morgan fingerprint density at radius 1 is 1.32 bits per heavy atom. The third kappa shape index (κ3) is 2.78. The number of nitrogens with zero attached hydrogens (tertiary/aromatic N) is 1. The van der Waals surface area contributed by atoms with Gasteiger partial charge in [0.05, 0.1) is 11.4 Å². The molecule has 3 rings (SSSR count). The number of carbonyl (C=O) groups is 1. The number of para-hydroxylation sites is 2. The summed E-state index contributed by atoms with van der Waals surface area (Å²) >= 11 is 5.37. The molecule has 0 radical (unpaired) electrons. The SMILES string of the molecule is Cc1ccc(NC(=S)N2CC(=O)Nc3ccccc32)cc1F. The third-order valence-electron chi connectivity index (χ3n) is 3.44. The van der Waals surface area contributed by atoms with Gasteiger partial charge in [-0.25, -0.2) is 4.39 Å². The molecule has 0 saturated heterocycles. The molecule has 0 aliphatic carbocycles. The van der Waals surface area contributed by atoms with Crippen LogP contribution in [0.4, 0.5) is 21.5 Å². The number of fused-ring (bicyclic) bond motifs is 1. The number of aryl methyl sites for hydroxylation is 1. The van der Waals surface area contributed by atoms with Crippen LogP contribution in [0.15, 0.2) is 42.5 Å². The summed E-state index contributed by atoms with van der Waals surface area (Å²) in [6.07, 6.45) is 0. The van der Waals surface area contributed by atoms with Gasteiger partial charge in [-0.1, -0.05) is 18.2 Å². The lowest BCUT2D eigenvalue weighted by atomic mass is 10.2. The molecule has 1 aliphatic heterocycles. The van der Waals surface area contributed by atoms with Gasteiger partial charge in [0.15, 0.2) is 5.11 Å². The van der Waals surface area contributed by atoms with Crippen molar-refractivity contribution in [3.05, 3.63) is 53.8 Å². The Hall–Kier alpha value is -2.47. The van der Waals surface area contributed by atoms with E-state index in [4.69, 9.17) is 12.2 Å². The fraction of sp³-hybridized carbons (Fsp3) is 0.125. The number of nitrogens with one attached hydrogen (secondary N) is 2. The van der Waals surface area contributed by atoms with Crippen molar-refractivity contribution in [3.8, 4) is 0 Å². The van der Waals surface area contributed by atoms with E-state index in [0.717, 1.165) is 5.69 Å². The van der Waals surface area contributed by atoms with Crippen LogP contribution in [0.3, 0.4) is 0 Å². The first kappa shape index (κ1) is 14.5. The average Bonchev–Trinajstić information content (AvgIpc) is 2.50. The number of benzene rings is 2. The summed E-state index contributed by atoms with van der Waals surface area (Å²) in [5, 5.41) is 6.13. The maximum atomic E-state index is 13.6. The molecule has 0 spiro atoms. The molecule has 2 aromatic rings. The lowest BCUT2D eigenvalue weighted by Crippen LogP contribution is -2.44. The summed E-state index contributed by atoms with van der Waals surface area (Å²) in [4.78, 5) is 13.5. The fourth-order valence-electron chi connectivity index (χ4n) is 2.28. The van der Waals surface area contributed by atoms with Crippen LogP contribution in [-0.4, -0.2) is 17.6 Å². The highest BCUT2D eigenvalue weighted by Crippen LogP contribution is 2.29. The van der Waals surface area contributed by atoms with Crippen molar-refractivity contribution in [3.63, 3.8) is 0 Å². The van der Waals surface area contributed by atoms with E-state index >= 15 is 0 Å². The minimum atomic E-state index is -0.301. The summed E-state index contributed by atoms with van der Waals surface area (Å²) < 4.78 is 13.6. The lowest BCUT2D eigenvalue weighted by Gasteiger charge is -2.31. The largest absolute Gasteiger partial charge is 0.332 e. The second kappa shape index (κ2) is 5.73. The van der Waals surface area contributed by atoms with Crippen LogP contribution in [0.2, 0.25) is 0 Å². The van der Waals surface area contributed by atoms with Crippen LogP contribution in [-0.2, 0) is 4.79 Å². The van der Waals surface area contributed by atoms with E-state index in [1.807, 2.05) is 24.3 Å². The first-order valence-corrected chi connectivity index (χ1v) is 7.19. The third-order valence-corrected chi connectivity index (χ3v) is 3.76. The Labute approximate surface area is 132 Å². The van der Waals surface area contributed by atoms with Crippen LogP contribution in [0, 0.1) is 12.7 Å². The van der Waals surface area contributed by atoms with Gasteiger partial charge < -0.3 is 15.5 Å². The molecule has 2 N–H and O–H groups in total. The zero-order chi connectivity index (χ0) is 15.7. The molecular formula is C16H14FN3OS.